The molecule has 0 saturated heterocycles. The van der Waals surface area contributed by atoms with Gasteiger partial charge in [0.1, 0.15) is 17.8 Å². The van der Waals surface area contributed by atoms with Crippen LogP contribution in [0.15, 0.2) is 40.1 Å². The minimum Gasteiger partial charge on any atom is -0.493 e. The smallest absolute Gasteiger partial charge is 0.330 e. The van der Waals surface area contributed by atoms with Crippen LogP contribution in [0.5, 0.6) is 17.2 Å². The first-order valence-electron chi connectivity index (χ1n) is 11.5. The van der Waals surface area contributed by atoms with Crippen molar-refractivity contribution in [2.24, 2.45) is 10.7 Å². The highest BCUT2D eigenvalue weighted by Crippen LogP contribution is 2.40. The number of nitrogens with two attached hydrogens (primary N) is 1. The highest BCUT2D eigenvalue weighted by Gasteiger charge is 2.22. The Labute approximate surface area is 199 Å². The van der Waals surface area contributed by atoms with Crippen LogP contribution in [0, 0.1) is 20.8 Å². The fraction of sp³-hybridized carbons (Fsp3) is 0.385. The molecular formula is C26H32N4O4. The normalized spacial score (nSPS) is 13.1. The number of hydrogen-bond donors (Lipinski definition) is 1. The average molecular weight is 465 g/mol. The van der Waals surface area contributed by atoms with Gasteiger partial charge in [-0.15, -0.1) is 0 Å². The third-order valence-corrected chi connectivity index (χ3v) is 5.92. The predicted molar refractivity (Wildman–Crippen MR) is 132 cm³/mol. The molecule has 0 fully saturated rings. The van der Waals surface area contributed by atoms with Crippen LogP contribution in [0.1, 0.15) is 23.6 Å². The number of benzene rings is 2. The van der Waals surface area contributed by atoms with Crippen LogP contribution in [0.4, 0.5) is 5.69 Å². The summed E-state index contributed by atoms with van der Waals surface area (Å²) in [5.41, 5.74) is 11.9. The maximum Gasteiger partial charge on any atom is 0.330 e. The Morgan fingerprint density at radius 2 is 1.82 bits per heavy atom. The summed E-state index contributed by atoms with van der Waals surface area (Å²) in [5.74, 6) is 1.82. The van der Waals surface area contributed by atoms with E-state index in [2.05, 4.69) is 19.1 Å². The van der Waals surface area contributed by atoms with Crippen LogP contribution in [0.25, 0.3) is 11.3 Å². The molecule has 2 N–H and O–H groups in total. The van der Waals surface area contributed by atoms with E-state index in [0.29, 0.717) is 61.3 Å². The maximum atomic E-state index is 13.6. The van der Waals surface area contributed by atoms with Crippen LogP contribution in [-0.2, 0) is 13.1 Å². The molecule has 8 nitrogen and oxygen atoms in total. The second kappa shape index (κ2) is 9.77. The van der Waals surface area contributed by atoms with Crippen molar-refractivity contribution in [1.29, 1.82) is 0 Å². The Morgan fingerprint density at radius 1 is 1.09 bits per heavy atom. The van der Waals surface area contributed by atoms with Crippen LogP contribution in [0.3, 0.4) is 0 Å². The van der Waals surface area contributed by atoms with Crippen molar-refractivity contribution in [1.82, 2.24) is 9.13 Å². The summed E-state index contributed by atoms with van der Waals surface area (Å²) < 4.78 is 20.7. The van der Waals surface area contributed by atoms with E-state index in [1.54, 1.807) is 16.2 Å². The Balaban J connectivity index is 2.03. The number of methoxy groups -OCH3 is 1. The van der Waals surface area contributed by atoms with E-state index in [1.165, 1.54) is 5.56 Å². The molecule has 34 heavy (non-hydrogen) atoms. The fourth-order valence-electron chi connectivity index (χ4n) is 4.49. The lowest BCUT2D eigenvalue weighted by atomic mass is 10.1. The van der Waals surface area contributed by atoms with Crippen molar-refractivity contribution in [2.45, 2.75) is 40.8 Å². The quantitative estimate of drug-likeness (QED) is 0.605. The fourth-order valence-corrected chi connectivity index (χ4v) is 4.49. The van der Waals surface area contributed by atoms with Gasteiger partial charge >= 0.3 is 5.69 Å². The van der Waals surface area contributed by atoms with Crippen LogP contribution >= 0.6 is 0 Å². The van der Waals surface area contributed by atoms with Crippen molar-refractivity contribution >= 4 is 5.69 Å². The lowest BCUT2D eigenvalue weighted by Gasteiger charge is -2.17. The van der Waals surface area contributed by atoms with Gasteiger partial charge in [0.25, 0.3) is 0 Å². The van der Waals surface area contributed by atoms with Crippen molar-refractivity contribution < 1.29 is 14.2 Å². The van der Waals surface area contributed by atoms with Crippen LogP contribution in [-0.4, -0.2) is 36.0 Å². The van der Waals surface area contributed by atoms with Gasteiger partial charge in [-0.05, 0) is 44.9 Å². The van der Waals surface area contributed by atoms with Gasteiger partial charge in [-0.1, -0.05) is 17.7 Å². The van der Waals surface area contributed by atoms with E-state index in [4.69, 9.17) is 24.9 Å². The van der Waals surface area contributed by atoms with Gasteiger partial charge in [0.2, 0.25) is 0 Å². The predicted octanol–water partition coefficient (Wildman–Crippen LogP) is 3.23. The number of rotatable bonds is 6. The number of nitrogens with zero attached hydrogens (tertiary/aromatic N) is 3. The molecule has 180 valence electrons. The summed E-state index contributed by atoms with van der Waals surface area (Å²) >= 11 is 0. The molecule has 2 aromatic carbocycles. The van der Waals surface area contributed by atoms with Gasteiger partial charge < -0.3 is 19.9 Å². The second-order valence-electron chi connectivity index (χ2n) is 8.40. The Kier molecular flexibility index (Phi) is 6.79. The Morgan fingerprint density at radius 3 is 2.47 bits per heavy atom. The molecule has 0 radical (unpaired) electrons. The molecule has 0 unspecified atom stereocenters. The minimum atomic E-state index is -0.173. The highest BCUT2D eigenvalue weighted by atomic mass is 16.5. The van der Waals surface area contributed by atoms with Gasteiger partial charge in [-0.3, -0.25) is 9.13 Å². The molecule has 0 aliphatic carbocycles. The van der Waals surface area contributed by atoms with Gasteiger partial charge in [-0.25, -0.2) is 9.79 Å². The topological polar surface area (TPSA) is 93.0 Å². The SMILES string of the molecule is CCOc1cc2c(cc1OC)-c1c/c(=N\c3c(C)cc(C)cc3C)n(CCN)c(=O)n1CCO2. The van der Waals surface area contributed by atoms with Gasteiger partial charge in [0.05, 0.1) is 31.6 Å². The van der Waals surface area contributed by atoms with Gasteiger partial charge in [0.15, 0.2) is 11.5 Å². The molecule has 0 saturated carbocycles. The summed E-state index contributed by atoms with van der Waals surface area (Å²) in [7, 11) is 1.60. The molecule has 3 aromatic rings. The number of fused-ring (bicyclic) bond motifs is 3. The van der Waals surface area contributed by atoms with Crippen LogP contribution < -0.4 is 31.1 Å². The first-order valence-corrected chi connectivity index (χ1v) is 11.5. The zero-order valence-corrected chi connectivity index (χ0v) is 20.5. The summed E-state index contributed by atoms with van der Waals surface area (Å²) in [6.07, 6.45) is 0. The summed E-state index contributed by atoms with van der Waals surface area (Å²) in [5, 5.41) is 0. The lowest BCUT2D eigenvalue weighted by molar-refractivity contribution is 0.290. The van der Waals surface area contributed by atoms with Crippen LogP contribution in [0.2, 0.25) is 0 Å². The molecule has 1 aromatic heterocycles. The maximum absolute atomic E-state index is 13.6. The monoisotopic (exact) mass is 464 g/mol. The second-order valence-corrected chi connectivity index (χ2v) is 8.40. The van der Waals surface area contributed by atoms with Gasteiger partial charge in [0, 0.05) is 30.8 Å². The molecular weight excluding hydrogens is 432 g/mol. The molecule has 0 atom stereocenters. The third kappa shape index (κ3) is 4.33. The van der Waals surface area contributed by atoms with Gasteiger partial charge in [-0.2, -0.15) is 0 Å². The molecule has 0 amide bonds. The zero-order valence-electron chi connectivity index (χ0n) is 20.5. The molecule has 1 aliphatic heterocycles. The molecule has 0 spiro atoms. The third-order valence-electron chi connectivity index (χ3n) is 5.92. The molecule has 2 heterocycles. The average Bonchev–Trinajstić information content (AvgIpc) is 2.97. The van der Waals surface area contributed by atoms with E-state index in [-0.39, 0.29) is 5.69 Å². The molecule has 0 bridgehead atoms. The van der Waals surface area contributed by atoms with Crippen molar-refractivity contribution in [3.05, 3.63) is 63.0 Å². The number of aromatic nitrogens is 2. The molecule has 4 rings (SSSR count). The van der Waals surface area contributed by atoms with E-state index in [0.717, 1.165) is 22.4 Å². The number of aryl methyl sites for hydroxylation is 3. The summed E-state index contributed by atoms with van der Waals surface area (Å²) in [6.45, 7) is 10.00. The zero-order chi connectivity index (χ0) is 24.4. The van der Waals surface area contributed by atoms with Crippen molar-refractivity contribution in [3.63, 3.8) is 0 Å². The first kappa shape index (κ1) is 23.6. The van der Waals surface area contributed by atoms with E-state index >= 15 is 0 Å². The number of ether oxygens (including phenoxy) is 3. The molecule has 8 heteroatoms. The summed E-state index contributed by atoms with van der Waals surface area (Å²) in [6, 6.07) is 9.81. The lowest BCUT2D eigenvalue weighted by Crippen LogP contribution is -2.42. The number of hydrogen-bond acceptors (Lipinski definition) is 6. The first-order chi connectivity index (χ1) is 16.4. The molecule has 1 aliphatic rings. The largest absolute Gasteiger partial charge is 0.493 e. The summed E-state index contributed by atoms with van der Waals surface area (Å²) in [4.78, 5) is 18.6. The van der Waals surface area contributed by atoms with E-state index < -0.39 is 0 Å². The standard InChI is InChI=1S/C26H32N4O4/c1-6-33-23-15-21-19(13-22(23)32-5)20-14-24(28-25-17(3)11-16(2)12-18(25)4)30(8-7-27)26(31)29(20)9-10-34-21/h11-15H,6-10,27H2,1-5H3/b28-24+. The minimum absolute atomic E-state index is 0.173. The van der Waals surface area contributed by atoms with E-state index in [1.807, 2.05) is 39.0 Å². The van der Waals surface area contributed by atoms with Crippen molar-refractivity contribution in [2.75, 3.05) is 26.9 Å². The van der Waals surface area contributed by atoms with Crippen molar-refractivity contribution in [3.8, 4) is 28.5 Å². The highest BCUT2D eigenvalue weighted by molar-refractivity contribution is 5.72. The van der Waals surface area contributed by atoms with E-state index in [9.17, 15) is 4.79 Å². The Bertz CT molecular complexity index is 1330. The Hall–Kier alpha value is -3.52.